The summed E-state index contributed by atoms with van der Waals surface area (Å²) in [6.07, 6.45) is 11.9. The van der Waals surface area contributed by atoms with Gasteiger partial charge < -0.3 is 14.0 Å². The number of carbonyl (C=O) groups is 2. The number of esters is 2. The molecular formula is C18H22N2O4. The summed E-state index contributed by atoms with van der Waals surface area (Å²) in [7, 11) is 0. The van der Waals surface area contributed by atoms with Gasteiger partial charge in [0.2, 0.25) is 0 Å². The second-order valence-corrected chi connectivity index (χ2v) is 5.86. The van der Waals surface area contributed by atoms with Crippen molar-refractivity contribution >= 4 is 11.9 Å². The average Bonchev–Trinajstić information content (AvgIpc) is 2.95. The van der Waals surface area contributed by atoms with Crippen LogP contribution in [0, 0.1) is 0 Å². The number of rotatable bonds is 5. The zero-order valence-electron chi connectivity index (χ0n) is 14.4. The predicted molar refractivity (Wildman–Crippen MR) is 89.4 cm³/mol. The molecule has 2 rings (SSSR count). The Hall–Kier alpha value is -2.63. The summed E-state index contributed by atoms with van der Waals surface area (Å²) in [4.78, 5) is 28.1. The molecule has 0 saturated carbocycles. The first kappa shape index (κ1) is 17.7. The summed E-state index contributed by atoms with van der Waals surface area (Å²) in [6.45, 7) is 7.54. The zero-order valence-corrected chi connectivity index (χ0v) is 14.4. The van der Waals surface area contributed by atoms with E-state index in [1.54, 1.807) is 31.7 Å². The normalized spacial score (nSPS) is 20.2. The molecule has 1 aliphatic heterocycles. The number of ether oxygens (including phenoxy) is 2. The Morgan fingerprint density at radius 3 is 2.88 bits per heavy atom. The zero-order chi connectivity index (χ0) is 17.7. The van der Waals surface area contributed by atoms with Crippen LogP contribution in [0.4, 0.5) is 0 Å². The lowest BCUT2D eigenvalue weighted by Gasteiger charge is -2.38. The van der Waals surface area contributed by atoms with Crippen LogP contribution in [0.5, 0.6) is 0 Å². The van der Waals surface area contributed by atoms with Gasteiger partial charge in [-0.25, -0.2) is 14.6 Å². The van der Waals surface area contributed by atoms with E-state index >= 15 is 0 Å². The first-order valence-electron chi connectivity index (χ1n) is 7.83. The van der Waals surface area contributed by atoms with Gasteiger partial charge in [0.25, 0.3) is 0 Å². The minimum absolute atomic E-state index is 0.275. The van der Waals surface area contributed by atoms with Crippen molar-refractivity contribution in [3.8, 4) is 0 Å². The topological polar surface area (TPSA) is 70.4 Å². The van der Waals surface area contributed by atoms with Crippen molar-refractivity contribution in [3.63, 3.8) is 0 Å². The molecule has 0 bridgehead atoms. The third-order valence-corrected chi connectivity index (χ3v) is 3.64. The standard InChI is InChI=1S/C18H22N2O4/c1-5-7-8-9-13-10-15(21)24-18(3,4)16(13)20-12-19-11-14(20)17(22)23-6-2/h5,7-12,16H,6H2,1-4H3/b7-5-,9-8-. The van der Waals surface area contributed by atoms with Crippen molar-refractivity contribution in [2.75, 3.05) is 6.61 Å². The fourth-order valence-electron chi connectivity index (χ4n) is 2.75. The summed E-state index contributed by atoms with van der Waals surface area (Å²) >= 11 is 0. The van der Waals surface area contributed by atoms with E-state index in [4.69, 9.17) is 9.47 Å². The maximum Gasteiger partial charge on any atom is 0.356 e. The monoisotopic (exact) mass is 330 g/mol. The first-order valence-corrected chi connectivity index (χ1v) is 7.83. The Kier molecular flexibility index (Phi) is 5.39. The lowest BCUT2D eigenvalue weighted by atomic mass is 9.88. The van der Waals surface area contributed by atoms with Crippen LogP contribution >= 0.6 is 0 Å². The molecule has 0 aliphatic carbocycles. The highest BCUT2D eigenvalue weighted by Gasteiger charge is 2.41. The molecule has 0 aromatic carbocycles. The summed E-state index contributed by atoms with van der Waals surface area (Å²) in [5.74, 6) is -0.867. The molecule has 128 valence electrons. The maximum absolute atomic E-state index is 12.2. The van der Waals surface area contributed by atoms with Crippen molar-refractivity contribution in [3.05, 3.63) is 54.2 Å². The number of imidazole rings is 1. The van der Waals surface area contributed by atoms with Crippen LogP contribution in [-0.2, 0) is 14.3 Å². The second kappa shape index (κ2) is 7.29. The van der Waals surface area contributed by atoms with Gasteiger partial charge in [-0.3, -0.25) is 0 Å². The van der Waals surface area contributed by atoms with Crippen molar-refractivity contribution in [2.24, 2.45) is 0 Å². The number of hydrogen-bond donors (Lipinski definition) is 0. The summed E-state index contributed by atoms with van der Waals surface area (Å²) in [6, 6.07) is -0.390. The van der Waals surface area contributed by atoms with Gasteiger partial charge in [-0.1, -0.05) is 24.3 Å². The van der Waals surface area contributed by atoms with E-state index in [-0.39, 0.29) is 6.61 Å². The van der Waals surface area contributed by atoms with E-state index < -0.39 is 23.6 Å². The summed E-state index contributed by atoms with van der Waals surface area (Å²) in [5.41, 5.74) is 0.208. The van der Waals surface area contributed by atoms with Gasteiger partial charge in [0.15, 0.2) is 0 Å². The molecule has 0 amide bonds. The molecule has 0 N–H and O–H groups in total. The largest absolute Gasteiger partial charge is 0.461 e. The van der Waals surface area contributed by atoms with Gasteiger partial charge in [-0.05, 0) is 33.3 Å². The quantitative estimate of drug-likeness (QED) is 0.613. The molecule has 6 nitrogen and oxygen atoms in total. The molecule has 0 saturated heterocycles. The van der Waals surface area contributed by atoms with Gasteiger partial charge in [-0.15, -0.1) is 0 Å². The van der Waals surface area contributed by atoms with Crippen molar-refractivity contribution in [1.29, 1.82) is 0 Å². The van der Waals surface area contributed by atoms with Gasteiger partial charge in [0, 0.05) is 6.08 Å². The van der Waals surface area contributed by atoms with Gasteiger partial charge in [0.1, 0.15) is 11.3 Å². The molecule has 0 radical (unpaired) electrons. The molecule has 1 atom stereocenters. The number of aromatic nitrogens is 2. The Labute approximate surface area is 141 Å². The Bertz CT molecular complexity index is 710. The number of nitrogens with zero attached hydrogens (tertiary/aromatic N) is 2. The van der Waals surface area contributed by atoms with Crippen LogP contribution in [0.15, 0.2) is 48.5 Å². The van der Waals surface area contributed by atoms with Crippen LogP contribution in [0.25, 0.3) is 0 Å². The van der Waals surface area contributed by atoms with Crippen LogP contribution in [0.3, 0.4) is 0 Å². The molecule has 1 unspecified atom stereocenters. The first-order chi connectivity index (χ1) is 11.4. The van der Waals surface area contributed by atoms with E-state index in [0.717, 1.165) is 5.57 Å². The highest BCUT2D eigenvalue weighted by molar-refractivity contribution is 5.88. The van der Waals surface area contributed by atoms with Crippen LogP contribution in [0.1, 0.15) is 44.2 Å². The Balaban J connectivity index is 2.51. The Morgan fingerprint density at radius 1 is 1.46 bits per heavy atom. The van der Waals surface area contributed by atoms with Gasteiger partial charge >= 0.3 is 11.9 Å². The highest BCUT2D eigenvalue weighted by Crippen LogP contribution is 2.38. The van der Waals surface area contributed by atoms with Crippen LogP contribution in [-0.4, -0.2) is 33.7 Å². The Morgan fingerprint density at radius 2 is 2.21 bits per heavy atom. The smallest absolute Gasteiger partial charge is 0.356 e. The fourth-order valence-corrected chi connectivity index (χ4v) is 2.75. The third-order valence-electron chi connectivity index (χ3n) is 3.64. The van der Waals surface area contributed by atoms with Crippen molar-refractivity contribution in [1.82, 2.24) is 9.55 Å². The number of hydrogen-bond acceptors (Lipinski definition) is 5. The SMILES string of the molecule is C/C=C\C=C/C1=CC(=O)OC(C)(C)C1n1cncc1C(=O)OCC. The fraction of sp³-hybridized carbons (Fsp3) is 0.389. The lowest BCUT2D eigenvalue weighted by molar-refractivity contribution is -0.155. The molecule has 1 aromatic rings. The van der Waals surface area contributed by atoms with Crippen molar-refractivity contribution in [2.45, 2.75) is 39.3 Å². The van der Waals surface area contributed by atoms with E-state index in [1.807, 2.05) is 31.2 Å². The molecule has 0 spiro atoms. The molecule has 1 aliphatic rings. The van der Waals surface area contributed by atoms with Gasteiger partial charge in [-0.2, -0.15) is 0 Å². The molecule has 0 fully saturated rings. The van der Waals surface area contributed by atoms with E-state index in [2.05, 4.69) is 4.98 Å². The number of cyclic esters (lactones) is 1. The third kappa shape index (κ3) is 3.64. The van der Waals surface area contributed by atoms with Crippen LogP contribution in [0.2, 0.25) is 0 Å². The summed E-state index contributed by atoms with van der Waals surface area (Å²) in [5, 5.41) is 0. The molecular weight excluding hydrogens is 308 g/mol. The van der Waals surface area contributed by atoms with Gasteiger partial charge in [0.05, 0.1) is 25.2 Å². The number of allylic oxidation sites excluding steroid dienone is 4. The molecule has 24 heavy (non-hydrogen) atoms. The van der Waals surface area contributed by atoms with E-state index in [1.165, 1.54) is 12.3 Å². The van der Waals surface area contributed by atoms with E-state index in [0.29, 0.717) is 5.69 Å². The minimum atomic E-state index is -0.844. The lowest BCUT2D eigenvalue weighted by Crippen LogP contribution is -2.42. The molecule has 1 aromatic heterocycles. The second-order valence-electron chi connectivity index (χ2n) is 5.86. The minimum Gasteiger partial charge on any atom is -0.461 e. The predicted octanol–water partition coefficient (Wildman–Crippen LogP) is 3.00. The molecule has 2 heterocycles. The van der Waals surface area contributed by atoms with E-state index in [9.17, 15) is 9.59 Å². The van der Waals surface area contributed by atoms with Crippen LogP contribution < -0.4 is 0 Å². The number of carbonyl (C=O) groups excluding carboxylic acids is 2. The maximum atomic E-state index is 12.2. The highest BCUT2D eigenvalue weighted by atomic mass is 16.6. The average molecular weight is 330 g/mol. The summed E-state index contributed by atoms with van der Waals surface area (Å²) < 4.78 is 12.2. The molecule has 6 heteroatoms. The van der Waals surface area contributed by atoms with Crippen molar-refractivity contribution < 1.29 is 19.1 Å².